The van der Waals surface area contributed by atoms with Gasteiger partial charge in [-0.25, -0.2) is 8.42 Å². The fourth-order valence-electron chi connectivity index (χ4n) is 3.73. The van der Waals surface area contributed by atoms with Crippen LogP contribution in [0.1, 0.15) is 17.8 Å². The molecule has 0 aliphatic heterocycles. The largest absolute Gasteiger partial charge is 0.481 e. The Morgan fingerprint density at radius 3 is 2.29 bits per heavy atom. The second kappa shape index (κ2) is 11.8. The van der Waals surface area contributed by atoms with Crippen LogP contribution in [0.5, 0.6) is 0 Å². The van der Waals surface area contributed by atoms with Gasteiger partial charge < -0.3 is 5.11 Å². The zero-order valence-corrected chi connectivity index (χ0v) is 22.0. The van der Waals surface area contributed by atoms with Crippen LogP contribution in [0, 0.1) is 0 Å². The van der Waals surface area contributed by atoms with E-state index in [1.165, 1.54) is 6.07 Å². The molecule has 4 rings (SSSR count). The summed E-state index contributed by atoms with van der Waals surface area (Å²) in [5.41, 5.74) is 1.63. The second-order valence-corrected chi connectivity index (χ2v) is 10.7. The van der Waals surface area contributed by atoms with Gasteiger partial charge in [0.2, 0.25) is 10.0 Å². The highest BCUT2D eigenvalue weighted by Gasteiger charge is 2.30. The third kappa shape index (κ3) is 6.62. The molecule has 0 bridgehead atoms. The maximum Gasteiger partial charge on any atom is 0.305 e. The monoisotopic (exact) mass is 573 g/mol. The van der Waals surface area contributed by atoms with Crippen LogP contribution in [-0.2, 0) is 32.6 Å². The van der Waals surface area contributed by atoms with Gasteiger partial charge in [-0.05, 0) is 34.5 Å². The fraction of sp³-hybridized carbons (Fsp3) is 0.160. The van der Waals surface area contributed by atoms with Crippen LogP contribution in [0.4, 0.5) is 0 Å². The number of aromatic nitrogens is 4. The lowest BCUT2D eigenvalue weighted by Gasteiger charge is -2.17. The molecular weight excluding hydrogens is 553 g/mol. The van der Waals surface area contributed by atoms with Crippen molar-refractivity contribution in [2.45, 2.75) is 30.3 Å². The first-order valence-electron chi connectivity index (χ1n) is 11.2. The number of tetrazole rings is 1. The van der Waals surface area contributed by atoms with Crippen molar-refractivity contribution in [3.05, 3.63) is 94.2 Å². The Hall–Kier alpha value is -3.64. The number of benzene rings is 3. The first-order valence-corrected chi connectivity index (χ1v) is 13.5. The van der Waals surface area contributed by atoms with E-state index in [0.717, 1.165) is 4.80 Å². The number of carbonyl (C=O) groups is 2. The van der Waals surface area contributed by atoms with E-state index < -0.39 is 40.8 Å². The summed E-state index contributed by atoms with van der Waals surface area (Å²) in [6.07, 6.45) is -0.628. The topological polar surface area (TPSA) is 144 Å². The molecule has 4 aromatic rings. The molecule has 10 nitrogen and oxygen atoms in total. The van der Waals surface area contributed by atoms with E-state index in [0.29, 0.717) is 26.7 Å². The molecule has 2 N–H and O–H groups in total. The number of carbonyl (C=O) groups excluding carboxylic acids is 1. The molecule has 0 radical (unpaired) electrons. The summed E-state index contributed by atoms with van der Waals surface area (Å²) in [5.74, 6) is -1.89. The molecule has 196 valence electrons. The van der Waals surface area contributed by atoms with Crippen molar-refractivity contribution >= 4 is 45.0 Å². The van der Waals surface area contributed by atoms with Crippen molar-refractivity contribution in [3.63, 3.8) is 0 Å². The number of ketones is 1. The van der Waals surface area contributed by atoms with Gasteiger partial charge in [0, 0.05) is 22.0 Å². The van der Waals surface area contributed by atoms with Crippen molar-refractivity contribution < 1.29 is 23.1 Å². The Balaban J connectivity index is 1.54. The smallest absolute Gasteiger partial charge is 0.305 e. The lowest BCUT2D eigenvalue weighted by Crippen LogP contribution is -2.44. The Kier molecular flexibility index (Phi) is 8.52. The van der Waals surface area contributed by atoms with Crippen LogP contribution in [0.25, 0.3) is 11.1 Å². The molecule has 13 heteroatoms. The van der Waals surface area contributed by atoms with Crippen LogP contribution in [0.2, 0.25) is 10.0 Å². The SMILES string of the molecule is O=C(O)CC(NS(=O)(=O)c1ccccc1-c1ccccc1)C(=O)Cn1nnc(Cc2c(Cl)cccc2Cl)n1. The molecule has 0 fully saturated rings. The van der Waals surface area contributed by atoms with E-state index in [-0.39, 0.29) is 17.1 Å². The molecular formula is C25H21Cl2N5O5S. The molecule has 0 aliphatic carbocycles. The molecule has 38 heavy (non-hydrogen) atoms. The second-order valence-electron chi connectivity index (χ2n) is 8.21. The molecule has 0 saturated heterocycles. The zero-order chi connectivity index (χ0) is 27.3. The highest BCUT2D eigenvalue weighted by atomic mass is 35.5. The van der Waals surface area contributed by atoms with E-state index in [9.17, 15) is 23.1 Å². The van der Waals surface area contributed by atoms with Gasteiger partial charge in [-0.15, -0.1) is 10.2 Å². The minimum Gasteiger partial charge on any atom is -0.481 e. The highest BCUT2D eigenvalue weighted by Crippen LogP contribution is 2.28. The molecule has 0 saturated carbocycles. The van der Waals surface area contributed by atoms with Crippen molar-refractivity contribution in [1.29, 1.82) is 0 Å². The zero-order valence-electron chi connectivity index (χ0n) is 19.7. The van der Waals surface area contributed by atoms with Gasteiger partial charge in [-0.3, -0.25) is 9.59 Å². The predicted octanol–water partition coefficient (Wildman–Crippen LogP) is 3.63. The Morgan fingerprint density at radius 1 is 0.947 bits per heavy atom. The number of nitrogens with zero attached hydrogens (tertiary/aromatic N) is 4. The van der Waals surface area contributed by atoms with Gasteiger partial charge in [0.1, 0.15) is 6.54 Å². The third-order valence-electron chi connectivity index (χ3n) is 5.51. The van der Waals surface area contributed by atoms with E-state index in [4.69, 9.17) is 23.2 Å². The van der Waals surface area contributed by atoms with E-state index in [1.54, 1.807) is 66.7 Å². The minimum atomic E-state index is -4.30. The number of aliphatic carboxylic acids is 1. The molecule has 0 amide bonds. The molecule has 1 unspecified atom stereocenters. The number of carboxylic acid groups (broad SMARTS) is 1. The Morgan fingerprint density at radius 2 is 1.61 bits per heavy atom. The average Bonchev–Trinajstić information content (AvgIpc) is 3.33. The Bertz CT molecular complexity index is 1560. The summed E-state index contributed by atoms with van der Waals surface area (Å²) < 4.78 is 28.9. The molecule has 0 aliphatic rings. The predicted molar refractivity (Wildman–Crippen MR) is 140 cm³/mol. The number of rotatable bonds is 11. The summed E-state index contributed by atoms with van der Waals surface area (Å²) >= 11 is 12.4. The van der Waals surface area contributed by atoms with Crippen LogP contribution >= 0.6 is 23.2 Å². The van der Waals surface area contributed by atoms with Gasteiger partial charge in [0.25, 0.3) is 0 Å². The normalized spacial score (nSPS) is 12.3. The lowest BCUT2D eigenvalue weighted by atomic mass is 10.1. The minimum absolute atomic E-state index is 0.0906. The first kappa shape index (κ1) is 27.4. The summed E-state index contributed by atoms with van der Waals surface area (Å²) in [6, 6.07) is 18.5. The molecule has 1 aromatic heterocycles. The van der Waals surface area contributed by atoms with Crippen LogP contribution in [0.15, 0.2) is 77.7 Å². The summed E-state index contributed by atoms with van der Waals surface area (Å²) in [5, 5.41) is 22.0. The number of hydrogen-bond donors (Lipinski definition) is 2. The fourth-order valence-corrected chi connectivity index (χ4v) is 5.71. The maximum absolute atomic E-state index is 13.3. The van der Waals surface area contributed by atoms with E-state index >= 15 is 0 Å². The van der Waals surface area contributed by atoms with E-state index in [1.807, 2.05) is 0 Å². The summed E-state index contributed by atoms with van der Waals surface area (Å²) in [7, 11) is -4.30. The first-order chi connectivity index (χ1) is 18.1. The third-order valence-corrected chi connectivity index (χ3v) is 7.75. The van der Waals surface area contributed by atoms with Crippen LogP contribution in [-0.4, -0.2) is 51.5 Å². The van der Waals surface area contributed by atoms with Crippen molar-refractivity contribution in [2.24, 2.45) is 0 Å². The molecule has 0 spiro atoms. The van der Waals surface area contributed by atoms with Crippen molar-refractivity contribution in [2.75, 3.05) is 0 Å². The van der Waals surface area contributed by atoms with Gasteiger partial charge in [0.15, 0.2) is 11.6 Å². The van der Waals surface area contributed by atoms with Gasteiger partial charge in [0.05, 0.1) is 17.4 Å². The number of sulfonamides is 1. The van der Waals surface area contributed by atoms with Crippen molar-refractivity contribution in [3.8, 4) is 11.1 Å². The lowest BCUT2D eigenvalue weighted by molar-refractivity contribution is -0.139. The number of nitrogens with one attached hydrogen (secondary N) is 1. The highest BCUT2D eigenvalue weighted by molar-refractivity contribution is 7.89. The summed E-state index contributed by atoms with van der Waals surface area (Å²) in [4.78, 5) is 25.4. The van der Waals surface area contributed by atoms with Crippen LogP contribution in [0.3, 0.4) is 0 Å². The van der Waals surface area contributed by atoms with E-state index in [2.05, 4.69) is 20.1 Å². The van der Waals surface area contributed by atoms with Gasteiger partial charge in [-0.1, -0.05) is 77.8 Å². The quantitative estimate of drug-likeness (QED) is 0.276. The number of halogens is 2. The maximum atomic E-state index is 13.3. The van der Waals surface area contributed by atoms with Gasteiger partial charge in [-0.2, -0.15) is 9.52 Å². The standard InChI is InChI=1S/C25H21Cl2N5O5S/c26-19-10-6-11-20(27)18(19)13-24-28-31-32(29-24)15-22(33)21(14-25(34)35)30-38(36,37)23-12-5-4-9-17(23)16-7-2-1-3-8-16/h1-12,21,30H,13-15H2,(H,34,35). The van der Waals surface area contributed by atoms with Crippen molar-refractivity contribution in [1.82, 2.24) is 24.9 Å². The molecule has 1 atom stereocenters. The Labute approximate surface area is 228 Å². The number of hydrogen-bond acceptors (Lipinski definition) is 7. The molecule has 3 aromatic carbocycles. The van der Waals surface area contributed by atoms with Crippen LogP contribution < -0.4 is 4.72 Å². The molecule has 1 heterocycles. The summed E-state index contributed by atoms with van der Waals surface area (Å²) in [6.45, 7) is -0.510. The number of carboxylic acids is 1. The van der Waals surface area contributed by atoms with Gasteiger partial charge >= 0.3 is 5.97 Å². The number of Topliss-reactive ketones (excluding diaryl/α,β-unsaturated/α-hetero) is 1. The average molecular weight is 574 g/mol.